The second-order valence-corrected chi connectivity index (χ2v) is 3.64. The Morgan fingerprint density at radius 2 is 1.93 bits per heavy atom. The molecule has 0 saturated carbocycles. The lowest BCUT2D eigenvalue weighted by molar-refractivity contribution is 0.238. The van der Waals surface area contributed by atoms with Gasteiger partial charge in [-0.05, 0) is 39.0 Å². The number of benzene rings is 1. The van der Waals surface area contributed by atoms with Gasteiger partial charge >= 0.3 is 0 Å². The topological polar surface area (TPSA) is 35.2 Å². The zero-order valence-corrected chi connectivity index (χ0v) is 8.75. The highest BCUT2D eigenvalue weighted by Crippen LogP contribution is 2.25. The van der Waals surface area contributed by atoms with Crippen molar-refractivity contribution in [2.24, 2.45) is 5.73 Å². The van der Waals surface area contributed by atoms with Crippen molar-refractivity contribution in [3.63, 3.8) is 0 Å². The van der Waals surface area contributed by atoms with Gasteiger partial charge in [0.1, 0.15) is 11.6 Å². The van der Waals surface area contributed by atoms with E-state index in [-0.39, 0.29) is 18.0 Å². The molecule has 1 rings (SSSR count). The second kappa shape index (κ2) is 4.42. The maximum atomic E-state index is 12.9. The molecular weight excluding hydrogens is 181 g/mol. The molecule has 1 atom stereocenters. The summed E-state index contributed by atoms with van der Waals surface area (Å²) in [5, 5.41) is 0. The van der Waals surface area contributed by atoms with Crippen molar-refractivity contribution in [2.45, 2.75) is 32.9 Å². The summed E-state index contributed by atoms with van der Waals surface area (Å²) in [4.78, 5) is 0. The molecule has 1 aromatic carbocycles. The summed E-state index contributed by atoms with van der Waals surface area (Å²) >= 11 is 0. The Balaban J connectivity index is 3.02. The van der Waals surface area contributed by atoms with Crippen molar-refractivity contribution in [3.8, 4) is 5.75 Å². The fraction of sp³-hybridized carbons (Fsp3) is 0.455. The number of ether oxygens (including phenoxy) is 1. The van der Waals surface area contributed by atoms with Crippen LogP contribution in [0.4, 0.5) is 4.39 Å². The highest BCUT2D eigenvalue weighted by atomic mass is 19.1. The molecule has 0 saturated heterocycles. The van der Waals surface area contributed by atoms with E-state index in [1.165, 1.54) is 12.1 Å². The average Bonchev–Trinajstić information content (AvgIpc) is 2.07. The van der Waals surface area contributed by atoms with E-state index in [0.29, 0.717) is 11.3 Å². The molecule has 1 unspecified atom stereocenters. The van der Waals surface area contributed by atoms with Crippen molar-refractivity contribution < 1.29 is 9.13 Å². The normalized spacial score (nSPS) is 13.0. The molecule has 0 aliphatic rings. The Labute approximate surface area is 83.9 Å². The standard InChI is InChI=1S/C11H16FNO/c1-7(2)14-11-5-4-9(12)6-10(11)8(3)13/h4-8H,13H2,1-3H3. The van der Waals surface area contributed by atoms with Gasteiger partial charge < -0.3 is 10.5 Å². The van der Waals surface area contributed by atoms with Gasteiger partial charge in [0, 0.05) is 11.6 Å². The van der Waals surface area contributed by atoms with Crippen molar-refractivity contribution >= 4 is 0 Å². The zero-order chi connectivity index (χ0) is 10.7. The van der Waals surface area contributed by atoms with Gasteiger partial charge in [-0.1, -0.05) is 0 Å². The number of nitrogens with two attached hydrogens (primary N) is 1. The van der Waals surface area contributed by atoms with E-state index in [0.717, 1.165) is 0 Å². The molecule has 0 radical (unpaired) electrons. The van der Waals surface area contributed by atoms with Crippen molar-refractivity contribution in [3.05, 3.63) is 29.6 Å². The van der Waals surface area contributed by atoms with Crippen LogP contribution >= 0.6 is 0 Å². The lowest BCUT2D eigenvalue weighted by atomic mass is 10.1. The predicted molar refractivity (Wildman–Crippen MR) is 54.8 cm³/mol. The van der Waals surface area contributed by atoms with Crippen LogP contribution in [-0.2, 0) is 0 Å². The van der Waals surface area contributed by atoms with Crippen LogP contribution in [0.2, 0.25) is 0 Å². The summed E-state index contributed by atoms with van der Waals surface area (Å²) in [5.74, 6) is 0.379. The van der Waals surface area contributed by atoms with Crippen LogP contribution in [0.3, 0.4) is 0 Å². The van der Waals surface area contributed by atoms with E-state index in [1.54, 1.807) is 6.07 Å². The molecule has 2 N–H and O–H groups in total. The molecule has 14 heavy (non-hydrogen) atoms. The Morgan fingerprint density at radius 3 is 2.43 bits per heavy atom. The van der Waals surface area contributed by atoms with Gasteiger partial charge in [-0.2, -0.15) is 0 Å². The molecule has 0 amide bonds. The van der Waals surface area contributed by atoms with Crippen molar-refractivity contribution in [1.29, 1.82) is 0 Å². The lowest BCUT2D eigenvalue weighted by Crippen LogP contribution is -2.12. The molecule has 0 aromatic heterocycles. The number of rotatable bonds is 3. The fourth-order valence-electron chi connectivity index (χ4n) is 1.24. The van der Waals surface area contributed by atoms with Gasteiger partial charge in [0.05, 0.1) is 6.10 Å². The summed E-state index contributed by atoms with van der Waals surface area (Å²) < 4.78 is 18.4. The highest BCUT2D eigenvalue weighted by Gasteiger charge is 2.10. The molecule has 0 aliphatic heterocycles. The van der Waals surface area contributed by atoms with Gasteiger partial charge in [0.2, 0.25) is 0 Å². The summed E-state index contributed by atoms with van der Waals surface area (Å²) in [7, 11) is 0. The Hall–Kier alpha value is -1.09. The third kappa shape index (κ3) is 2.70. The molecule has 0 spiro atoms. The number of halogens is 1. The van der Waals surface area contributed by atoms with Crippen LogP contribution in [0.15, 0.2) is 18.2 Å². The Bertz CT molecular complexity index is 310. The molecule has 0 fully saturated rings. The van der Waals surface area contributed by atoms with Gasteiger partial charge in [-0.15, -0.1) is 0 Å². The molecule has 0 bridgehead atoms. The van der Waals surface area contributed by atoms with E-state index in [9.17, 15) is 4.39 Å². The third-order valence-corrected chi connectivity index (χ3v) is 1.83. The quantitative estimate of drug-likeness (QED) is 0.808. The predicted octanol–water partition coefficient (Wildman–Crippen LogP) is 2.63. The van der Waals surface area contributed by atoms with Crippen molar-refractivity contribution in [2.75, 3.05) is 0 Å². The molecule has 0 heterocycles. The Kier molecular flexibility index (Phi) is 3.47. The van der Waals surface area contributed by atoms with Crippen LogP contribution in [0.5, 0.6) is 5.75 Å². The molecular formula is C11H16FNO. The van der Waals surface area contributed by atoms with E-state index in [4.69, 9.17) is 10.5 Å². The second-order valence-electron chi connectivity index (χ2n) is 3.64. The SMILES string of the molecule is CC(C)Oc1ccc(F)cc1C(C)N. The number of hydrogen-bond acceptors (Lipinski definition) is 2. The maximum absolute atomic E-state index is 12.9. The minimum Gasteiger partial charge on any atom is -0.491 e. The van der Waals surface area contributed by atoms with Crippen LogP contribution in [0, 0.1) is 5.82 Å². The smallest absolute Gasteiger partial charge is 0.124 e. The van der Waals surface area contributed by atoms with Crippen LogP contribution in [-0.4, -0.2) is 6.10 Å². The summed E-state index contributed by atoms with van der Waals surface area (Å²) in [6, 6.07) is 4.19. The van der Waals surface area contributed by atoms with Crippen LogP contribution in [0.1, 0.15) is 32.4 Å². The van der Waals surface area contributed by atoms with Gasteiger partial charge in [-0.25, -0.2) is 4.39 Å². The molecule has 2 nitrogen and oxygen atoms in total. The Morgan fingerprint density at radius 1 is 1.29 bits per heavy atom. The summed E-state index contributed by atoms with van der Waals surface area (Å²) in [5.41, 5.74) is 6.42. The maximum Gasteiger partial charge on any atom is 0.124 e. The monoisotopic (exact) mass is 197 g/mol. The fourth-order valence-corrected chi connectivity index (χ4v) is 1.24. The van der Waals surface area contributed by atoms with E-state index in [2.05, 4.69) is 0 Å². The third-order valence-electron chi connectivity index (χ3n) is 1.83. The molecule has 3 heteroatoms. The molecule has 0 aliphatic carbocycles. The first kappa shape index (κ1) is 11.0. The van der Waals surface area contributed by atoms with Gasteiger partial charge in [-0.3, -0.25) is 0 Å². The minimum atomic E-state index is -0.284. The first-order valence-corrected chi connectivity index (χ1v) is 4.72. The first-order chi connectivity index (χ1) is 6.50. The van der Waals surface area contributed by atoms with Crippen LogP contribution < -0.4 is 10.5 Å². The van der Waals surface area contributed by atoms with Gasteiger partial charge in [0.15, 0.2) is 0 Å². The summed E-state index contributed by atoms with van der Waals surface area (Å²) in [6.07, 6.45) is 0.0676. The van der Waals surface area contributed by atoms with Gasteiger partial charge in [0.25, 0.3) is 0 Å². The first-order valence-electron chi connectivity index (χ1n) is 4.72. The zero-order valence-electron chi connectivity index (χ0n) is 8.75. The lowest BCUT2D eigenvalue weighted by Gasteiger charge is -2.16. The van der Waals surface area contributed by atoms with E-state index >= 15 is 0 Å². The van der Waals surface area contributed by atoms with Crippen molar-refractivity contribution in [1.82, 2.24) is 0 Å². The van der Waals surface area contributed by atoms with E-state index < -0.39 is 0 Å². The minimum absolute atomic E-state index is 0.0676. The number of hydrogen-bond donors (Lipinski definition) is 1. The average molecular weight is 197 g/mol. The van der Waals surface area contributed by atoms with E-state index in [1.807, 2.05) is 20.8 Å². The highest BCUT2D eigenvalue weighted by molar-refractivity contribution is 5.36. The molecule has 78 valence electrons. The van der Waals surface area contributed by atoms with Crippen LogP contribution in [0.25, 0.3) is 0 Å². The molecule has 1 aromatic rings. The largest absolute Gasteiger partial charge is 0.491 e. The summed E-state index contributed by atoms with van der Waals surface area (Å²) in [6.45, 7) is 5.66.